The van der Waals surface area contributed by atoms with Crippen LogP contribution in [0.25, 0.3) is 0 Å². The van der Waals surface area contributed by atoms with Gasteiger partial charge in [-0.3, -0.25) is 9.88 Å². The molecule has 0 radical (unpaired) electrons. The Kier molecular flexibility index (Phi) is 6.16. The van der Waals surface area contributed by atoms with Crippen LogP contribution in [0.1, 0.15) is 16.6 Å². The van der Waals surface area contributed by atoms with Crippen LogP contribution < -0.4 is 0 Å². The van der Waals surface area contributed by atoms with Gasteiger partial charge in [0.15, 0.2) is 0 Å². The van der Waals surface area contributed by atoms with Crippen LogP contribution in [0.5, 0.6) is 0 Å². The van der Waals surface area contributed by atoms with Crippen LogP contribution in [-0.4, -0.2) is 61.2 Å². The predicted molar refractivity (Wildman–Crippen MR) is 94.9 cm³/mol. The molecule has 1 atom stereocenters. The van der Waals surface area contributed by atoms with Crippen molar-refractivity contribution in [3.63, 3.8) is 0 Å². The molecule has 23 heavy (non-hydrogen) atoms. The zero-order valence-electron chi connectivity index (χ0n) is 13.7. The average Bonchev–Trinajstić information content (AvgIpc) is 3.14. The Balaban J connectivity index is 1.59. The van der Waals surface area contributed by atoms with Gasteiger partial charge in [-0.05, 0) is 30.6 Å². The molecule has 3 rings (SSSR count). The minimum absolute atomic E-state index is 0.465. The number of rotatable bonds is 7. The van der Waals surface area contributed by atoms with E-state index >= 15 is 0 Å². The van der Waals surface area contributed by atoms with E-state index in [1.54, 1.807) is 0 Å². The highest BCUT2D eigenvalue weighted by atomic mass is 32.1. The molecule has 1 aliphatic heterocycles. The highest BCUT2D eigenvalue weighted by Gasteiger charge is 2.24. The fraction of sp³-hybridized carbons (Fsp3) is 0.500. The Morgan fingerprint density at radius 1 is 1.26 bits per heavy atom. The minimum Gasteiger partial charge on any atom is -0.379 e. The van der Waals surface area contributed by atoms with Crippen molar-refractivity contribution in [1.82, 2.24) is 14.8 Å². The molecular weight excluding hydrogens is 306 g/mol. The molecule has 2 aromatic rings. The topological polar surface area (TPSA) is 28.6 Å². The standard InChI is InChI=1S/C18H25N3OS/c1-20(9-7-16-5-2-3-8-19-16)15-17(18-6-4-14-23-18)21-10-12-22-13-11-21/h2-6,8,14,17H,7,9-13,15H2,1H3. The van der Waals surface area contributed by atoms with Crippen LogP contribution in [0.4, 0.5) is 0 Å². The van der Waals surface area contributed by atoms with E-state index < -0.39 is 0 Å². The summed E-state index contributed by atoms with van der Waals surface area (Å²) in [7, 11) is 2.21. The molecule has 0 aliphatic carbocycles. The van der Waals surface area contributed by atoms with Gasteiger partial charge in [0, 0.05) is 49.4 Å². The van der Waals surface area contributed by atoms with Gasteiger partial charge in [-0.15, -0.1) is 11.3 Å². The van der Waals surface area contributed by atoms with Gasteiger partial charge in [0.1, 0.15) is 0 Å². The molecule has 0 saturated carbocycles. The first-order chi connectivity index (χ1) is 11.3. The molecule has 0 bridgehead atoms. The lowest BCUT2D eigenvalue weighted by Gasteiger charge is -2.36. The van der Waals surface area contributed by atoms with E-state index in [1.165, 1.54) is 10.6 Å². The summed E-state index contributed by atoms with van der Waals surface area (Å²) in [5.41, 5.74) is 1.17. The second-order valence-corrected chi connectivity index (χ2v) is 6.99. The van der Waals surface area contributed by atoms with Gasteiger partial charge in [0.2, 0.25) is 0 Å². The van der Waals surface area contributed by atoms with E-state index in [1.807, 2.05) is 23.6 Å². The number of thiophene rings is 1. The van der Waals surface area contributed by atoms with Crippen molar-refractivity contribution in [1.29, 1.82) is 0 Å². The Morgan fingerprint density at radius 3 is 2.83 bits per heavy atom. The van der Waals surface area contributed by atoms with Gasteiger partial charge < -0.3 is 9.64 Å². The third-order valence-corrected chi connectivity index (χ3v) is 5.29. The SMILES string of the molecule is CN(CCc1ccccn1)CC(c1cccs1)N1CCOCC1. The Morgan fingerprint density at radius 2 is 2.13 bits per heavy atom. The van der Waals surface area contributed by atoms with Gasteiger partial charge in [-0.1, -0.05) is 12.1 Å². The molecule has 5 heteroatoms. The first-order valence-electron chi connectivity index (χ1n) is 8.26. The first kappa shape index (κ1) is 16.6. The summed E-state index contributed by atoms with van der Waals surface area (Å²) in [5.74, 6) is 0. The van der Waals surface area contributed by atoms with E-state index in [0.717, 1.165) is 45.8 Å². The van der Waals surface area contributed by atoms with Crippen molar-refractivity contribution in [3.05, 3.63) is 52.5 Å². The van der Waals surface area contributed by atoms with Crippen molar-refractivity contribution in [2.45, 2.75) is 12.5 Å². The van der Waals surface area contributed by atoms with Crippen LogP contribution in [0.15, 0.2) is 41.9 Å². The van der Waals surface area contributed by atoms with Gasteiger partial charge >= 0.3 is 0 Å². The first-order valence-corrected chi connectivity index (χ1v) is 9.14. The summed E-state index contributed by atoms with van der Waals surface area (Å²) < 4.78 is 5.52. The van der Waals surface area contributed by atoms with Gasteiger partial charge in [0.25, 0.3) is 0 Å². The Bertz CT molecular complexity index is 555. The number of likely N-dealkylation sites (N-methyl/N-ethyl adjacent to an activating group) is 1. The second-order valence-electron chi connectivity index (χ2n) is 6.01. The molecule has 0 N–H and O–H groups in total. The maximum Gasteiger partial charge on any atom is 0.0594 e. The predicted octanol–water partition coefficient (Wildman–Crippen LogP) is 2.69. The third kappa shape index (κ3) is 4.85. The second kappa shape index (κ2) is 8.55. The molecule has 1 fully saturated rings. The summed E-state index contributed by atoms with van der Waals surface area (Å²) in [6.45, 7) is 5.82. The number of nitrogens with zero attached hydrogens (tertiary/aromatic N) is 3. The highest BCUT2D eigenvalue weighted by Crippen LogP contribution is 2.26. The van der Waals surface area contributed by atoms with Crippen molar-refractivity contribution >= 4 is 11.3 Å². The number of pyridine rings is 1. The zero-order chi connectivity index (χ0) is 15.9. The van der Waals surface area contributed by atoms with Gasteiger partial charge in [-0.2, -0.15) is 0 Å². The average molecular weight is 331 g/mol. The molecule has 1 aliphatic rings. The van der Waals surface area contributed by atoms with Crippen molar-refractivity contribution < 1.29 is 4.74 Å². The number of ether oxygens (including phenoxy) is 1. The normalized spacial score (nSPS) is 17.5. The Hall–Kier alpha value is -1.27. The maximum atomic E-state index is 5.52. The van der Waals surface area contributed by atoms with E-state index in [-0.39, 0.29) is 0 Å². The molecule has 0 aromatic carbocycles. The van der Waals surface area contributed by atoms with Gasteiger partial charge in [0.05, 0.1) is 19.3 Å². The highest BCUT2D eigenvalue weighted by molar-refractivity contribution is 7.10. The zero-order valence-corrected chi connectivity index (χ0v) is 14.5. The molecule has 0 spiro atoms. The van der Waals surface area contributed by atoms with Crippen molar-refractivity contribution in [2.24, 2.45) is 0 Å². The molecular formula is C18H25N3OS. The molecule has 1 saturated heterocycles. The molecule has 4 nitrogen and oxygen atoms in total. The van der Waals surface area contributed by atoms with Crippen LogP contribution in [0.2, 0.25) is 0 Å². The number of morpholine rings is 1. The minimum atomic E-state index is 0.465. The fourth-order valence-electron chi connectivity index (χ4n) is 2.99. The van der Waals surface area contributed by atoms with E-state index in [0.29, 0.717) is 6.04 Å². The summed E-state index contributed by atoms with van der Waals surface area (Å²) in [5, 5.41) is 2.18. The van der Waals surface area contributed by atoms with Gasteiger partial charge in [-0.25, -0.2) is 0 Å². The molecule has 2 aromatic heterocycles. The maximum absolute atomic E-state index is 5.52. The van der Waals surface area contributed by atoms with E-state index in [2.05, 4.69) is 51.5 Å². The van der Waals surface area contributed by atoms with Crippen LogP contribution in [0, 0.1) is 0 Å². The van der Waals surface area contributed by atoms with Crippen LogP contribution in [0.3, 0.4) is 0 Å². The van der Waals surface area contributed by atoms with E-state index in [4.69, 9.17) is 4.74 Å². The Labute approximate surface area is 142 Å². The lowest BCUT2D eigenvalue weighted by molar-refractivity contribution is 0.0102. The number of hydrogen-bond acceptors (Lipinski definition) is 5. The summed E-state index contributed by atoms with van der Waals surface area (Å²) in [4.78, 5) is 10.9. The lowest BCUT2D eigenvalue weighted by Crippen LogP contribution is -2.43. The number of hydrogen-bond donors (Lipinski definition) is 0. The number of aromatic nitrogens is 1. The smallest absolute Gasteiger partial charge is 0.0594 e. The lowest BCUT2D eigenvalue weighted by atomic mass is 10.1. The fourth-order valence-corrected chi connectivity index (χ4v) is 3.85. The van der Waals surface area contributed by atoms with Crippen molar-refractivity contribution in [3.8, 4) is 0 Å². The molecule has 1 unspecified atom stereocenters. The summed E-state index contributed by atoms with van der Waals surface area (Å²) in [6.07, 6.45) is 2.87. The summed E-state index contributed by atoms with van der Waals surface area (Å²) >= 11 is 1.86. The molecule has 124 valence electrons. The van der Waals surface area contributed by atoms with Crippen LogP contribution >= 0.6 is 11.3 Å². The quantitative estimate of drug-likeness (QED) is 0.780. The summed E-state index contributed by atoms with van der Waals surface area (Å²) in [6, 6.07) is 11.0. The van der Waals surface area contributed by atoms with Crippen LogP contribution in [-0.2, 0) is 11.2 Å². The molecule has 0 amide bonds. The monoisotopic (exact) mass is 331 g/mol. The third-order valence-electron chi connectivity index (χ3n) is 4.32. The van der Waals surface area contributed by atoms with E-state index in [9.17, 15) is 0 Å². The van der Waals surface area contributed by atoms with Crippen molar-refractivity contribution in [2.75, 3.05) is 46.4 Å². The molecule has 3 heterocycles. The largest absolute Gasteiger partial charge is 0.379 e.